The van der Waals surface area contributed by atoms with Gasteiger partial charge in [-0.2, -0.15) is 0 Å². The highest BCUT2D eigenvalue weighted by Gasteiger charge is 2.41. The van der Waals surface area contributed by atoms with Crippen LogP contribution < -0.4 is 20.4 Å². The number of phenols is 1. The molecule has 3 fully saturated rings. The first-order chi connectivity index (χ1) is 26.0. The molecule has 3 aromatic heterocycles. The van der Waals surface area contributed by atoms with Gasteiger partial charge >= 0.3 is 5.97 Å². The number of carboxylic acid groups (broad SMARTS) is 1. The minimum atomic E-state index is -0.760. The number of hydrogen-bond donors (Lipinski definition) is 3. The van der Waals surface area contributed by atoms with Crippen LogP contribution in [0.15, 0.2) is 73.1 Å². The summed E-state index contributed by atoms with van der Waals surface area (Å²) >= 11 is 0. The van der Waals surface area contributed by atoms with E-state index >= 15 is 0 Å². The van der Waals surface area contributed by atoms with Gasteiger partial charge in [0.1, 0.15) is 17.6 Å². The van der Waals surface area contributed by atoms with Gasteiger partial charge in [-0.05, 0) is 72.7 Å². The molecule has 7 rings (SSSR count). The number of nitrogens with zero attached hydrogens (tertiary/aromatic N) is 8. The number of nitrogens with two attached hydrogens (primary N) is 1. The first kappa shape index (κ1) is 37.1. The molecule has 13 nitrogen and oxygen atoms in total. The van der Waals surface area contributed by atoms with Crippen LogP contribution in [0.2, 0.25) is 0 Å². The molecular formula is C41H51N9O4. The molecule has 3 atom stereocenters. The Bertz CT molecular complexity index is 1930. The minimum Gasteiger partial charge on any atom is -0.507 e. The third kappa shape index (κ3) is 8.27. The third-order valence-electron chi connectivity index (χ3n) is 10.8. The normalized spacial score (nSPS) is 19.8. The van der Waals surface area contributed by atoms with E-state index in [4.69, 9.17) is 15.5 Å². The molecule has 3 unspecified atom stereocenters. The van der Waals surface area contributed by atoms with Crippen LogP contribution in [0.3, 0.4) is 0 Å². The number of benzene rings is 1. The van der Waals surface area contributed by atoms with Crippen molar-refractivity contribution in [3.63, 3.8) is 0 Å². The van der Waals surface area contributed by atoms with E-state index in [0.717, 1.165) is 68.2 Å². The van der Waals surface area contributed by atoms with E-state index in [-0.39, 0.29) is 11.2 Å². The molecule has 3 aliphatic heterocycles. The van der Waals surface area contributed by atoms with Gasteiger partial charge in [-0.15, -0.1) is 10.2 Å². The molecule has 13 heteroatoms. The van der Waals surface area contributed by atoms with Crippen molar-refractivity contribution in [2.24, 2.45) is 5.41 Å². The summed E-state index contributed by atoms with van der Waals surface area (Å²) in [6.07, 6.45) is 10.8. The van der Waals surface area contributed by atoms with Crippen molar-refractivity contribution in [1.29, 1.82) is 0 Å². The number of aromatic nitrogens is 4. The van der Waals surface area contributed by atoms with E-state index in [1.54, 1.807) is 12.1 Å². The zero-order chi connectivity index (χ0) is 37.8. The number of rotatable bonds is 12. The van der Waals surface area contributed by atoms with E-state index in [9.17, 15) is 15.0 Å². The number of para-hydroxylation sites is 1. The number of anilines is 4. The van der Waals surface area contributed by atoms with Crippen molar-refractivity contribution < 1.29 is 19.7 Å². The Morgan fingerprint density at radius 1 is 0.981 bits per heavy atom. The SMILES string of the molecule is CC(C)(C)C(C(=O)O)N1CCN(c2ccc(CCOC/C=C/c3cc(N4C5CCC4CN(c4cc(-c6ccccc6O)nnc4N)C5)ccn3)cn2)CC1. The molecule has 1 aromatic carbocycles. The highest BCUT2D eigenvalue weighted by molar-refractivity contribution is 5.75. The molecule has 54 heavy (non-hydrogen) atoms. The van der Waals surface area contributed by atoms with Crippen molar-refractivity contribution in [2.45, 2.75) is 58.2 Å². The van der Waals surface area contributed by atoms with Crippen molar-refractivity contribution >= 4 is 35.1 Å². The zero-order valence-electron chi connectivity index (χ0n) is 31.4. The number of carboxylic acids is 1. The van der Waals surface area contributed by atoms with E-state index in [1.807, 2.05) is 69.6 Å². The maximum Gasteiger partial charge on any atom is 0.321 e. The molecule has 6 heterocycles. The fourth-order valence-corrected chi connectivity index (χ4v) is 8.22. The number of fused-ring (bicyclic) bond motifs is 2. The van der Waals surface area contributed by atoms with Crippen LogP contribution in [-0.2, 0) is 16.0 Å². The number of aromatic hydroxyl groups is 1. The monoisotopic (exact) mass is 733 g/mol. The smallest absolute Gasteiger partial charge is 0.321 e. The molecule has 4 aromatic rings. The molecule has 3 saturated heterocycles. The molecule has 0 saturated carbocycles. The Hall–Kier alpha value is -5.27. The lowest BCUT2D eigenvalue weighted by atomic mass is 9.85. The Morgan fingerprint density at radius 3 is 2.43 bits per heavy atom. The average Bonchev–Trinajstić information content (AvgIpc) is 3.42. The lowest BCUT2D eigenvalue weighted by molar-refractivity contribution is -0.147. The number of pyridine rings is 2. The van der Waals surface area contributed by atoms with E-state index < -0.39 is 12.0 Å². The molecule has 284 valence electrons. The largest absolute Gasteiger partial charge is 0.507 e. The van der Waals surface area contributed by atoms with Gasteiger partial charge in [0.25, 0.3) is 0 Å². The Morgan fingerprint density at radius 2 is 1.74 bits per heavy atom. The third-order valence-corrected chi connectivity index (χ3v) is 10.8. The van der Waals surface area contributed by atoms with Gasteiger partial charge in [0, 0.05) is 75.0 Å². The molecular weight excluding hydrogens is 683 g/mol. The van der Waals surface area contributed by atoms with Gasteiger partial charge in [-0.3, -0.25) is 14.7 Å². The van der Waals surface area contributed by atoms with Crippen LogP contribution in [0, 0.1) is 5.41 Å². The second-order valence-corrected chi connectivity index (χ2v) is 15.5. The summed E-state index contributed by atoms with van der Waals surface area (Å²) in [5.74, 6) is 0.722. The number of phenolic OH excluding ortho intramolecular Hbond substituents is 1. The second-order valence-electron chi connectivity index (χ2n) is 15.5. The molecule has 0 aliphatic carbocycles. The fraction of sp³-hybridized carbons (Fsp3) is 0.439. The number of aliphatic carboxylic acids is 1. The van der Waals surface area contributed by atoms with Crippen LogP contribution in [0.25, 0.3) is 17.3 Å². The number of carbonyl (C=O) groups is 1. The van der Waals surface area contributed by atoms with Crippen LogP contribution in [0.1, 0.15) is 44.9 Å². The fourth-order valence-electron chi connectivity index (χ4n) is 8.22. The lowest BCUT2D eigenvalue weighted by Crippen LogP contribution is -2.57. The molecule has 0 spiro atoms. The van der Waals surface area contributed by atoms with Gasteiger partial charge in [-0.1, -0.05) is 45.0 Å². The summed E-state index contributed by atoms with van der Waals surface area (Å²) in [5.41, 5.74) is 11.3. The lowest BCUT2D eigenvalue weighted by Gasteiger charge is -2.43. The highest BCUT2D eigenvalue weighted by Crippen LogP contribution is 2.39. The van der Waals surface area contributed by atoms with E-state index in [1.165, 1.54) is 5.69 Å². The van der Waals surface area contributed by atoms with Crippen LogP contribution >= 0.6 is 0 Å². The topological polar surface area (TPSA) is 157 Å². The number of ether oxygens (including phenoxy) is 1. The summed E-state index contributed by atoms with van der Waals surface area (Å²) in [6.45, 7) is 11.6. The van der Waals surface area contributed by atoms with Gasteiger partial charge in [0.05, 0.1) is 30.3 Å². The predicted molar refractivity (Wildman–Crippen MR) is 212 cm³/mol. The van der Waals surface area contributed by atoms with E-state index in [2.05, 4.69) is 53.0 Å². The molecule has 4 N–H and O–H groups in total. The highest BCUT2D eigenvalue weighted by atomic mass is 16.5. The van der Waals surface area contributed by atoms with Gasteiger partial charge in [-0.25, -0.2) is 4.98 Å². The summed E-state index contributed by atoms with van der Waals surface area (Å²) in [6, 6.07) is 17.6. The molecule has 3 aliphatic rings. The predicted octanol–water partition coefficient (Wildman–Crippen LogP) is 4.97. The second kappa shape index (κ2) is 16.0. The van der Waals surface area contributed by atoms with Crippen molar-refractivity contribution in [2.75, 3.05) is 72.9 Å². The molecule has 0 radical (unpaired) electrons. The first-order valence-electron chi connectivity index (χ1n) is 18.9. The van der Waals surface area contributed by atoms with Crippen LogP contribution in [-0.4, -0.2) is 112 Å². The maximum absolute atomic E-state index is 11.9. The summed E-state index contributed by atoms with van der Waals surface area (Å²) in [7, 11) is 0. The Labute approximate surface area is 317 Å². The minimum absolute atomic E-state index is 0.166. The molecule has 2 bridgehead atoms. The number of nitrogen functional groups attached to an aromatic ring is 1. The quantitative estimate of drug-likeness (QED) is 0.168. The Kier molecular flexibility index (Phi) is 11.0. The number of hydrogen-bond acceptors (Lipinski definition) is 12. The number of piperazine rings is 2. The summed E-state index contributed by atoms with van der Waals surface area (Å²) in [5, 5.41) is 28.7. The van der Waals surface area contributed by atoms with Crippen molar-refractivity contribution in [3.05, 3.63) is 84.3 Å². The van der Waals surface area contributed by atoms with Crippen molar-refractivity contribution in [1.82, 2.24) is 25.1 Å². The standard InChI is InChI=1S/C41H51N9O4/c1-41(2,3)38(40(52)53)48-19-17-47(18-20-48)37-13-10-28(25-44-37)15-22-54-21-6-7-29-23-30(14-16-43-29)50-31-11-12-32(50)27-49(26-31)35-24-34(45-46-39(35)42)33-8-4-5-9-36(33)51/h4-10,13-14,16,23-25,31-32,38,51H,11-12,15,17-22,26-27H2,1-3H3,(H2,42,46)(H,52,53)/b7-6+. The summed E-state index contributed by atoms with van der Waals surface area (Å²) < 4.78 is 5.93. The Balaban J connectivity index is 0.874. The van der Waals surface area contributed by atoms with E-state index in [0.29, 0.717) is 55.5 Å². The van der Waals surface area contributed by atoms with Gasteiger partial charge in [0.15, 0.2) is 5.82 Å². The van der Waals surface area contributed by atoms with Crippen LogP contribution in [0.5, 0.6) is 5.75 Å². The first-order valence-corrected chi connectivity index (χ1v) is 18.9. The van der Waals surface area contributed by atoms with Crippen LogP contribution in [0.4, 0.5) is 23.0 Å². The zero-order valence-corrected chi connectivity index (χ0v) is 31.4. The average molecular weight is 734 g/mol. The summed E-state index contributed by atoms with van der Waals surface area (Å²) in [4.78, 5) is 30.4. The maximum atomic E-state index is 11.9. The van der Waals surface area contributed by atoms with Gasteiger partial charge < -0.3 is 35.4 Å². The van der Waals surface area contributed by atoms with Crippen molar-refractivity contribution in [3.8, 4) is 17.0 Å². The molecule has 0 amide bonds. The van der Waals surface area contributed by atoms with Gasteiger partial charge in [0.2, 0.25) is 0 Å².